The first kappa shape index (κ1) is 12.0. The Morgan fingerprint density at radius 2 is 2.05 bits per heavy atom. The molecule has 0 atom stereocenters. The van der Waals surface area contributed by atoms with Gasteiger partial charge in [0.2, 0.25) is 5.95 Å². The Labute approximate surface area is 123 Å². The minimum Gasteiger partial charge on any atom is -0.369 e. The lowest BCUT2D eigenvalue weighted by atomic mass is 10.2. The number of anilines is 1. The minimum absolute atomic E-state index is 0.423. The Morgan fingerprint density at radius 3 is 2.79 bits per heavy atom. The number of hydrogen-bond donors (Lipinski definition) is 1. The second-order valence-electron chi connectivity index (χ2n) is 4.10. The van der Waals surface area contributed by atoms with Gasteiger partial charge < -0.3 is 5.73 Å². The third-order valence-corrected chi connectivity index (χ3v) is 3.55. The smallest absolute Gasteiger partial charge is 0.205 e. The number of rotatable bonds is 1. The average molecular weight is 360 g/mol. The van der Waals surface area contributed by atoms with Crippen LogP contribution < -0.4 is 5.73 Å². The number of imidazole rings is 1. The van der Waals surface area contributed by atoms with Crippen LogP contribution in [0.15, 0.2) is 42.5 Å². The first-order valence-corrected chi connectivity index (χ1v) is 6.71. The molecule has 0 aliphatic heterocycles. The molecule has 4 nitrogen and oxygen atoms in total. The van der Waals surface area contributed by atoms with Gasteiger partial charge in [0.05, 0.1) is 28.4 Å². The van der Waals surface area contributed by atoms with Gasteiger partial charge in [-0.3, -0.25) is 4.57 Å². The van der Waals surface area contributed by atoms with Gasteiger partial charge in [0.25, 0.3) is 0 Å². The zero-order valence-corrected chi connectivity index (χ0v) is 12.0. The summed E-state index contributed by atoms with van der Waals surface area (Å²) in [5.41, 5.74) is 9.17. The van der Waals surface area contributed by atoms with Gasteiger partial charge in [-0.05, 0) is 59.0 Å². The molecule has 2 aromatic carbocycles. The van der Waals surface area contributed by atoms with Crippen LogP contribution in [-0.4, -0.2) is 9.55 Å². The fourth-order valence-electron chi connectivity index (χ4n) is 2.05. The van der Waals surface area contributed by atoms with E-state index in [-0.39, 0.29) is 0 Å². The van der Waals surface area contributed by atoms with Crippen molar-refractivity contribution >= 4 is 39.6 Å². The highest BCUT2D eigenvalue weighted by molar-refractivity contribution is 14.1. The highest BCUT2D eigenvalue weighted by Crippen LogP contribution is 2.24. The molecule has 0 fully saturated rings. The molecule has 0 amide bonds. The summed E-state index contributed by atoms with van der Waals surface area (Å²) in [6.45, 7) is 0. The van der Waals surface area contributed by atoms with Crippen LogP contribution in [-0.2, 0) is 0 Å². The lowest BCUT2D eigenvalue weighted by molar-refractivity contribution is 1.11. The van der Waals surface area contributed by atoms with E-state index in [0.29, 0.717) is 11.5 Å². The summed E-state index contributed by atoms with van der Waals surface area (Å²) in [7, 11) is 0. The van der Waals surface area contributed by atoms with Crippen molar-refractivity contribution in [2.24, 2.45) is 0 Å². The highest BCUT2D eigenvalue weighted by Gasteiger charge is 2.10. The number of benzene rings is 2. The molecular weight excluding hydrogens is 351 g/mol. The largest absolute Gasteiger partial charge is 0.369 e. The van der Waals surface area contributed by atoms with Crippen LogP contribution in [0.5, 0.6) is 0 Å². The Balaban J connectivity index is 2.34. The Bertz CT molecular complexity index is 814. The molecule has 0 spiro atoms. The number of fused-ring (bicyclic) bond motifs is 1. The molecular formula is C14H9IN4. The van der Waals surface area contributed by atoms with Gasteiger partial charge in [0.15, 0.2) is 0 Å². The summed E-state index contributed by atoms with van der Waals surface area (Å²) in [6, 6.07) is 15.5. The highest BCUT2D eigenvalue weighted by atomic mass is 127. The van der Waals surface area contributed by atoms with Crippen LogP contribution in [0.4, 0.5) is 5.95 Å². The quantitative estimate of drug-likeness (QED) is 0.679. The second kappa shape index (κ2) is 4.55. The van der Waals surface area contributed by atoms with Crippen molar-refractivity contribution in [3.63, 3.8) is 0 Å². The Kier molecular flexibility index (Phi) is 2.87. The maximum absolute atomic E-state index is 9.00. The van der Waals surface area contributed by atoms with Crippen molar-refractivity contribution in [2.45, 2.75) is 0 Å². The van der Waals surface area contributed by atoms with Crippen molar-refractivity contribution in [2.75, 3.05) is 5.73 Å². The van der Waals surface area contributed by atoms with Gasteiger partial charge in [-0.25, -0.2) is 4.98 Å². The molecule has 1 heterocycles. The first-order chi connectivity index (χ1) is 9.19. The molecule has 0 aliphatic rings. The molecule has 19 heavy (non-hydrogen) atoms. The fraction of sp³-hybridized carbons (Fsp3) is 0. The summed E-state index contributed by atoms with van der Waals surface area (Å²) < 4.78 is 2.98. The second-order valence-corrected chi connectivity index (χ2v) is 5.35. The molecule has 0 bridgehead atoms. The van der Waals surface area contributed by atoms with E-state index in [2.05, 4.69) is 33.6 Å². The van der Waals surface area contributed by atoms with Gasteiger partial charge in [-0.15, -0.1) is 0 Å². The van der Waals surface area contributed by atoms with Gasteiger partial charge in [0.1, 0.15) is 0 Å². The summed E-state index contributed by atoms with van der Waals surface area (Å²) in [5.74, 6) is 0.423. The number of hydrogen-bond acceptors (Lipinski definition) is 3. The molecule has 0 unspecified atom stereocenters. The standard InChI is InChI=1S/C14H9IN4/c15-10-2-1-3-11(7-10)19-13-6-9(8-16)4-5-12(13)18-14(19)17/h1-7H,(H2,17,18). The molecule has 0 saturated carbocycles. The van der Waals surface area contributed by atoms with Gasteiger partial charge in [-0.1, -0.05) is 6.07 Å². The number of nitrogens with two attached hydrogens (primary N) is 1. The lowest BCUT2D eigenvalue weighted by Gasteiger charge is -2.06. The zero-order valence-electron chi connectivity index (χ0n) is 9.84. The predicted molar refractivity (Wildman–Crippen MR) is 82.9 cm³/mol. The lowest BCUT2D eigenvalue weighted by Crippen LogP contribution is -2.00. The van der Waals surface area contributed by atoms with E-state index in [4.69, 9.17) is 11.0 Å². The van der Waals surface area contributed by atoms with Crippen molar-refractivity contribution in [3.05, 3.63) is 51.6 Å². The SMILES string of the molecule is N#Cc1ccc2nc(N)n(-c3cccc(I)c3)c2c1. The molecule has 3 rings (SSSR count). The van der Waals surface area contributed by atoms with E-state index < -0.39 is 0 Å². The molecule has 3 aromatic rings. The van der Waals surface area contributed by atoms with E-state index in [1.54, 1.807) is 12.1 Å². The monoisotopic (exact) mass is 360 g/mol. The van der Waals surface area contributed by atoms with Crippen LogP contribution in [0.3, 0.4) is 0 Å². The number of nitriles is 1. The molecule has 0 saturated heterocycles. The first-order valence-electron chi connectivity index (χ1n) is 5.63. The fourth-order valence-corrected chi connectivity index (χ4v) is 2.58. The van der Waals surface area contributed by atoms with E-state index >= 15 is 0 Å². The molecule has 2 N–H and O–H groups in total. The summed E-state index contributed by atoms with van der Waals surface area (Å²) in [4.78, 5) is 4.32. The van der Waals surface area contributed by atoms with E-state index in [1.807, 2.05) is 34.9 Å². The topological polar surface area (TPSA) is 67.6 Å². The van der Waals surface area contributed by atoms with E-state index in [0.717, 1.165) is 20.3 Å². The Morgan fingerprint density at radius 1 is 1.21 bits per heavy atom. The normalized spacial score (nSPS) is 10.5. The third kappa shape index (κ3) is 2.04. The summed E-state index contributed by atoms with van der Waals surface area (Å²) in [6.07, 6.45) is 0. The Hall–Kier alpha value is -2.07. The van der Waals surface area contributed by atoms with Crippen LogP contribution in [0.25, 0.3) is 16.7 Å². The van der Waals surface area contributed by atoms with Crippen molar-refractivity contribution in [1.29, 1.82) is 5.26 Å². The summed E-state index contributed by atoms with van der Waals surface area (Å²) in [5, 5.41) is 9.00. The van der Waals surface area contributed by atoms with Crippen molar-refractivity contribution in [3.8, 4) is 11.8 Å². The molecule has 92 valence electrons. The number of aromatic nitrogens is 2. The van der Waals surface area contributed by atoms with Crippen LogP contribution in [0, 0.1) is 14.9 Å². The van der Waals surface area contributed by atoms with Gasteiger partial charge >= 0.3 is 0 Å². The third-order valence-electron chi connectivity index (χ3n) is 2.88. The van der Waals surface area contributed by atoms with Gasteiger partial charge in [0, 0.05) is 3.57 Å². The van der Waals surface area contributed by atoms with Gasteiger partial charge in [-0.2, -0.15) is 5.26 Å². The van der Waals surface area contributed by atoms with Crippen molar-refractivity contribution in [1.82, 2.24) is 9.55 Å². The molecule has 1 aromatic heterocycles. The molecule has 0 radical (unpaired) electrons. The zero-order chi connectivity index (χ0) is 13.4. The van der Waals surface area contributed by atoms with E-state index in [9.17, 15) is 0 Å². The predicted octanol–water partition coefficient (Wildman–Crippen LogP) is 3.08. The average Bonchev–Trinajstić information content (AvgIpc) is 2.73. The van der Waals surface area contributed by atoms with Crippen molar-refractivity contribution < 1.29 is 0 Å². The molecule has 0 aliphatic carbocycles. The van der Waals surface area contributed by atoms with Crippen LogP contribution in [0.2, 0.25) is 0 Å². The number of nitrogens with zero attached hydrogens (tertiary/aromatic N) is 3. The van der Waals surface area contributed by atoms with Crippen LogP contribution in [0.1, 0.15) is 5.56 Å². The maximum Gasteiger partial charge on any atom is 0.205 e. The number of nitrogen functional groups attached to an aromatic ring is 1. The molecule has 5 heteroatoms. The maximum atomic E-state index is 9.00. The summed E-state index contributed by atoms with van der Waals surface area (Å²) >= 11 is 2.25. The minimum atomic E-state index is 0.423. The van der Waals surface area contributed by atoms with E-state index in [1.165, 1.54) is 0 Å². The van der Waals surface area contributed by atoms with Crippen LogP contribution >= 0.6 is 22.6 Å². The number of halogens is 1.